The number of amides is 3. The summed E-state index contributed by atoms with van der Waals surface area (Å²) in [5, 5.41) is 3.48. The molecule has 1 aliphatic carbocycles. The molecule has 182 valence electrons. The van der Waals surface area contributed by atoms with E-state index in [2.05, 4.69) is 41.7 Å². The van der Waals surface area contributed by atoms with Gasteiger partial charge in [-0.2, -0.15) is 0 Å². The van der Waals surface area contributed by atoms with Crippen molar-refractivity contribution in [2.75, 3.05) is 6.54 Å². The average Bonchev–Trinajstić information content (AvgIpc) is 3.25. The molecule has 0 spiro atoms. The lowest BCUT2D eigenvalue weighted by Gasteiger charge is -2.39. The summed E-state index contributed by atoms with van der Waals surface area (Å²) in [7, 11) is 0. The normalized spacial score (nSPS) is 19.9. The summed E-state index contributed by atoms with van der Waals surface area (Å²) in [5.41, 5.74) is 2.19. The number of carbonyl (C=O) groups excluding carboxylic acids is 3. The molecular formula is C31H30N2O3. The van der Waals surface area contributed by atoms with Gasteiger partial charge in [0.05, 0.1) is 0 Å². The quantitative estimate of drug-likeness (QED) is 0.391. The number of carbonyl (C=O) groups is 3. The van der Waals surface area contributed by atoms with Crippen molar-refractivity contribution in [2.45, 2.75) is 31.2 Å². The minimum Gasteiger partial charge on any atom is -0.338 e. The monoisotopic (exact) mass is 478 g/mol. The van der Waals surface area contributed by atoms with Crippen LogP contribution in [0.2, 0.25) is 0 Å². The highest BCUT2D eigenvalue weighted by atomic mass is 16.2. The third-order valence-electron chi connectivity index (χ3n) is 7.49. The first kappa shape index (κ1) is 23.7. The van der Waals surface area contributed by atoms with E-state index in [1.807, 2.05) is 54.6 Å². The van der Waals surface area contributed by atoms with E-state index < -0.39 is 5.54 Å². The molecule has 5 rings (SSSR count). The molecule has 3 aromatic carbocycles. The number of hydrogen-bond acceptors (Lipinski definition) is 3. The molecule has 1 aliphatic heterocycles. The van der Waals surface area contributed by atoms with Crippen LogP contribution in [0.25, 0.3) is 0 Å². The van der Waals surface area contributed by atoms with E-state index >= 15 is 0 Å². The minimum atomic E-state index is -0.822. The predicted octanol–water partition coefficient (Wildman–Crippen LogP) is 4.83. The van der Waals surface area contributed by atoms with Gasteiger partial charge in [-0.3, -0.25) is 19.3 Å². The van der Waals surface area contributed by atoms with Crippen molar-refractivity contribution < 1.29 is 14.4 Å². The molecule has 1 heterocycles. The molecule has 0 radical (unpaired) electrons. The smallest absolute Gasteiger partial charge is 0.253 e. The van der Waals surface area contributed by atoms with Crippen LogP contribution in [0.15, 0.2) is 103 Å². The maximum atomic E-state index is 13.8. The molecular weight excluding hydrogens is 448 g/mol. The fourth-order valence-corrected chi connectivity index (χ4v) is 5.54. The highest BCUT2D eigenvalue weighted by Crippen LogP contribution is 2.38. The highest BCUT2D eigenvalue weighted by molar-refractivity contribution is 6.12. The molecule has 5 nitrogen and oxygen atoms in total. The van der Waals surface area contributed by atoms with Crippen LogP contribution in [0.3, 0.4) is 0 Å². The van der Waals surface area contributed by atoms with Gasteiger partial charge < -0.3 is 5.32 Å². The largest absolute Gasteiger partial charge is 0.338 e. The molecule has 2 aliphatic rings. The number of rotatable bonds is 7. The van der Waals surface area contributed by atoms with Gasteiger partial charge in [0, 0.05) is 24.6 Å². The Bertz CT molecular complexity index is 1130. The van der Waals surface area contributed by atoms with Crippen LogP contribution in [-0.4, -0.2) is 29.2 Å². The van der Waals surface area contributed by atoms with Crippen molar-refractivity contribution in [3.63, 3.8) is 0 Å². The second-order valence-corrected chi connectivity index (χ2v) is 9.68. The third kappa shape index (κ3) is 4.61. The summed E-state index contributed by atoms with van der Waals surface area (Å²) in [5.74, 6) is -0.347. The van der Waals surface area contributed by atoms with E-state index in [9.17, 15) is 14.4 Å². The lowest BCUT2D eigenvalue weighted by molar-refractivity contribution is -0.138. The fraction of sp³-hybridized carbons (Fsp3) is 0.258. The maximum absolute atomic E-state index is 13.8. The molecule has 0 saturated heterocycles. The zero-order valence-corrected chi connectivity index (χ0v) is 20.2. The van der Waals surface area contributed by atoms with Crippen molar-refractivity contribution in [3.8, 4) is 0 Å². The molecule has 0 aromatic heterocycles. The molecule has 3 aromatic rings. The SMILES string of the molecule is O=C(NC(c1ccccc1)(c1ccccc1)c1ccccc1)C1CCC(CN2C(=O)C=CC2=O)CC1. The standard InChI is InChI=1S/C31H30N2O3/c34-28-20-21-29(35)33(28)22-23-16-18-24(19-17-23)30(36)32-31(25-10-4-1-5-11-25,26-12-6-2-7-13-26)27-14-8-3-9-15-27/h1-15,20-21,23-24H,16-19,22H2,(H,32,36). The van der Waals surface area contributed by atoms with Crippen LogP contribution >= 0.6 is 0 Å². The van der Waals surface area contributed by atoms with Crippen LogP contribution in [0.4, 0.5) is 0 Å². The summed E-state index contributed by atoms with van der Waals surface area (Å²) in [6, 6.07) is 30.4. The van der Waals surface area contributed by atoms with Crippen LogP contribution in [0.1, 0.15) is 42.4 Å². The molecule has 0 atom stereocenters. The average molecular weight is 479 g/mol. The Balaban J connectivity index is 1.40. The van der Waals surface area contributed by atoms with E-state index in [4.69, 9.17) is 0 Å². The summed E-state index contributed by atoms with van der Waals surface area (Å²) in [6.07, 6.45) is 5.74. The molecule has 0 bridgehead atoms. The third-order valence-corrected chi connectivity index (χ3v) is 7.49. The Morgan fingerprint density at radius 2 is 1.11 bits per heavy atom. The number of hydrogen-bond donors (Lipinski definition) is 1. The molecule has 1 N–H and O–H groups in total. The number of imide groups is 1. The summed E-state index contributed by atoms with van der Waals surface area (Å²) in [4.78, 5) is 39.1. The molecule has 1 saturated carbocycles. The fourth-order valence-electron chi connectivity index (χ4n) is 5.54. The van der Waals surface area contributed by atoms with Gasteiger partial charge in [-0.25, -0.2) is 0 Å². The van der Waals surface area contributed by atoms with Gasteiger partial charge in [0.2, 0.25) is 5.91 Å². The van der Waals surface area contributed by atoms with Crippen molar-refractivity contribution >= 4 is 17.7 Å². The van der Waals surface area contributed by atoms with Gasteiger partial charge in [-0.1, -0.05) is 91.0 Å². The Kier molecular flexibility index (Phi) is 6.81. The van der Waals surface area contributed by atoms with Gasteiger partial charge in [-0.15, -0.1) is 0 Å². The van der Waals surface area contributed by atoms with E-state index in [0.29, 0.717) is 6.54 Å². The Labute approximate surface area is 211 Å². The Morgan fingerprint density at radius 1 is 0.694 bits per heavy atom. The van der Waals surface area contributed by atoms with E-state index in [1.54, 1.807) is 0 Å². The lowest BCUT2D eigenvalue weighted by atomic mass is 9.75. The molecule has 3 amide bonds. The van der Waals surface area contributed by atoms with Crippen LogP contribution in [0.5, 0.6) is 0 Å². The Morgan fingerprint density at radius 3 is 1.53 bits per heavy atom. The maximum Gasteiger partial charge on any atom is 0.253 e. The summed E-state index contributed by atoms with van der Waals surface area (Å²) < 4.78 is 0. The van der Waals surface area contributed by atoms with Crippen molar-refractivity contribution in [3.05, 3.63) is 120 Å². The van der Waals surface area contributed by atoms with Gasteiger partial charge in [0.25, 0.3) is 11.8 Å². The predicted molar refractivity (Wildman–Crippen MR) is 139 cm³/mol. The van der Waals surface area contributed by atoms with Crippen LogP contribution in [-0.2, 0) is 19.9 Å². The van der Waals surface area contributed by atoms with Crippen LogP contribution in [0, 0.1) is 11.8 Å². The number of nitrogens with one attached hydrogen (secondary N) is 1. The Hall–Kier alpha value is -3.99. The van der Waals surface area contributed by atoms with Crippen molar-refractivity contribution in [2.24, 2.45) is 11.8 Å². The van der Waals surface area contributed by atoms with E-state index in [-0.39, 0.29) is 29.6 Å². The molecule has 36 heavy (non-hydrogen) atoms. The molecule has 5 heteroatoms. The first-order chi connectivity index (χ1) is 17.6. The zero-order chi connectivity index (χ0) is 25.0. The highest BCUT2D eigenvalue weighted by Gasteiger charge is 2.40. The van der Waals surface area contributed by atoms with E-state index in [1.165, 1.54) is 17.1 Å². The first-order valence-electron chi connectivity index (χ1n) is 12.6. The summed E-state index contributed by atoms with van der Waals surface area (Å²) >= 11 is 0. The first-order valence-corrected chi connectivity index (χ1v) is 12.6. The van der Waals surface area contributed by atoms with Crippen LogP contribution < -0.4 is 5.32 Å². The molecule has 0 unspecified atom stereocenters. The van der Waals surface area contributed by atoms with Gasteiger partial charge in [0.1, 0.15) is 5.54 Å². The second-order valence-electron chi connectivity index (χ2n) is 9.68. The number of nitrogens with zero attached hydrogens (tertiary/aromatic N) is 1. The van der Waals surface area contributed by atoms with Gasteiger partial charge >= 0.3 is 0 Å². The van der Waals surface area contributed by atoms with E-state index in [0.717, 1.165) is 42.4 Å². The second kappa shape index (κ2) is 10.3. The number of benzene rings is 3. The lowest BCUT2D eigenvalue weighted by Crippen LogP contribution is -2.50. The van der Waals surface area contributed by atoms with Crippen molar-refractivity contribution in [1.82, 2.24) is 10.2 Å². The summed E-state index contributed by atoms with van der Waals surface area (Å²) in [6.45, 7) is 0.432. The zero-order valence-electron chi connectivity index (χ0n) is 20.2. The minimum absolute atomic E-state index is 0.0278. The molecule has 1 fully saturated rings. The van der Waals surface area contributed by atoms with Gasteiger partial charge in [-0.05, 0) is 48.3 Å². The topological polar surface area (TPSA) is 66.5 Å². The van der Waals surface area contributed by atoms with Gasteiger partial charge in [0.15, 0.2) is 0 Å². The van der Waals surface area contributed by atoms with Crippen molar-refractivity contribution in [1.29, 1.82) is 0 Å².